The first-order valence-corrected chi connectivity index (χ1v) is 10.1. The highest BCUT2D eigenvalue weighted by molar-refractivity contribution is 5.76. The predicted molar refractivity (Wildman–Crippen MR) is 113 cm³/mol. The molecule has 0 atom stereocenters. The van der Waals surface area contributed by atoms with Crippen LogP contribution in [0.5, 0.6) is 0 Å². The van der Waals surface area contributed by atoms with Crippen LogP contribution in [0.15, 0.2) is 36.7 Å². The highest BCUT2D eigenvalue weighted by Crippen LogP contribution is 2.15. The molecule has 0 saturated carbocycles. The first-order valence-electron chi connectivity index (χ1n) is 10.1. The third-order valence-electron chi connectivity index (χ3n) is 5.47. The van der Waals surface area contributed by atoms with E-state index in [1.165, 1.54) is 0 Å². The van der Waals surface area contributed by atoms with Crippen LogP contribution in [0, 0.1) is 0 Å². The lowest BCUT2D eigenvalue weighted by Gasteiger charge is -2.35. The average Bonchev–Trinajstić information content (AvgIpc) is 3.09. The van der Waals surface area contributed by atoms with Crippen LogP contribution in [0.3, 0.4) is 0 Å². The van der Waals surface area contributed by atoms with E-state index >= 15 is 0 Å². The van der Waals surface area contributed by atoms with Crippen molar-refractivity contribution in [1.82, 2.24) is 29.7 Å². The van der Waals surface area contributed by atoms with E-state index in [2.05, 4.69) is 42.7 Å². The number of hydrogen-bond acceptors (Lipinski definition) is 5. The standard InChI is InChI=1S/C21H27N7O/c1-3-16-14-20(24-15-23-16)27-10-12-28(13-11-27)21(29)22-9-8-19-25-17-6-4-5-7-18(17)26(19)2/h4-7,14-15H,3,8-13H2,1-2H3,(H,22,29). The summed E-state index contributed by atoms with van der Waals surface area (Å²) in [6.45, 7) is 5.58. The number of urea groups is 1. The molecule has 1 fully saturated rings. The Morgan fingerprint density at radius 1 is 1.14 bits per heavy atom. The second-order valence-corrected chi connectivity index (χ2v) is 7.25. The summed E-state index contributed by atoms with van der Waals surface area (Å²) in [5, 5.41) is 3.03. The number of para-hydroxylation sites is 2. The summed E-state index contributed by atoms with van der Waals surface area (Å²) in [6.07, 6.45) is 3.22. The predicted octanol–water partition coefficient (Wildman–Crippen LogP) is 2.00. The SMILES string of the molecule is CCc1cc(N2CCN(C(=O)NCCc3nc4ccccc4n3C)CC2)ncn1. The Balaban J connectivity index is 1.27. The molecule has 1 aliphatic rings. The van der Waals surface area contributed by atoms with Gasteiger partial charge in [0.05, 0.1) is 11.0 Å². The van der Waals surface area contributed by atoms with Crippen molar-refractivity contribution < 1.29 is 4.79 Å². The number of fused-ring (bicyclic) bond motifs is 1. The number of anilines is 1. The van der Waals surface area contributed by atoms with Crippen molar-refractivity contribution in [3.8, 4) is 0 Å². The number of amides is 2. The molecule has 1 N–H and O–H groups in total. The van der Waals surface area contributed by atoms with Crippen molar-refractivity contribution in [2.75, 3.05) is 37.6 Å². The minimum absolute atomic E-state index is 0.0136. The molecule has 4 rings (SSSR count). The van der Waals surface area contributed by atoms with Gasteiger partial charge in [-0.25, -0.2) is 19.7 Å². The molecular formula is C21H27N7O. The number of imidazole rings is 1. The molecule has 0 bridgehead atoms. The van der Waals surface area contributed by atoms with Crippen LogP contribution in [-0.4, -0.2) is 63.2 Å². The maximum Gasteiger partial charge on any atom is 0.317 e. The molecule has 1 aromatic carbocycles. The minimum atomic E-state index is -0.0136. The summed E-state index contributed by atoms with van der Waals surface area (Å²) >= 11 is 0. The smallest absolute Gasteiger partial charge is 0.317 e. The number of benzene rings is 1. The molecule has 8 nitrogen and oxygen atoms in total. The molecule has 29 heavy (non-hydrogen) atoms. The van der Waals surface area contributed by atoms with Gasteiger partial charge in [-0.05, 0) is 18.6 Å². The largest absolute Gasteiger partial charge is 0.353 e. The monoisotopic (exact) mass is 393 g/mol. The van der Waals surface area contributed by atoms with E-state index in [0.717, 1.165) is 47.9 Å². The molecular weight excluding hydrogens is 366 g/mol. The Morgan fingerprint density at radius 3 is 2.69 bits per heavy atom. The summed E-state index contributed by atoms with van der Waals surface area (Å²) in [7, 11) is 2.02. The third-order valence-corrected chi connectivity index (χ3v) is 5.47. The average molecular weight is 393 g/mol. The normalized spacial score (nSPS) is 14.4. The summed E-state index contributed by atoms with van der Waals surface area (Å²) in [4.78, 5) is 29.9. The quantitative estimate of drug-likeness (QED) is 0.717. The van der Waals surface area contributed by atoms with Crippen LogP contribution in [0.2, 0.25) is 0 Å². The molecule has 0 unspecified atom stereocenters. The fourth-order valence-electron chi connectivity index (χ4n) is 3.70. The summed E-state index contributed by atoms with van der Waals surface area (Å²) in [5.74, 6) is 1.92. The molecule has 152 valence electrons. The van der Waals surface area contributed by atoms with Crippen LogP contribution in [-0.2, 0) is 19.9 Å². The van der Waals surface area contributed by atoms with Crippen LogP contribution in [0.4, 0.5) is 10.6 Å². The van der Waals surface area contributed by atoms with Crippen LogP contribution < -0.4 is 10.2 Å². The Hall–Kier alpha value is -3.16. The fourth-order valence-corrected chi connectivity index (χ4v) is 3.70. The number of carbonyl (C=O) groups excluding carboxylic acids is 1. The van der Waals surface area contributed by atoms with Gasteiger partial charge in [0.2, 0.25) is 0 Å². The Kier molecular flexibility index (Phi) is 5.59. The third kappa shape index (κ3) is 4.16. The van der Waals surface area contributed by atoms with E-state index < -0.39 is 0 Å². The molecule has 3 heterocycles. The van der Waals surface area contributed by atoms with Crippen molar-refractivity contribution in [2.45, 2.75) is 19.8 Å². The number of nitrogens with one attached hydrogen (secondary N) is 1. The fraction of sp³-hybridized carbons (Fsp3) is 0.429. The zero-order valence-electron chi connectivity index (χ0n) is 17.0. The van der Waals surface area contributed by atoms with Crippen molar-refractivity contribution in [3.63, 3.8) is 0 Å². The van der Waals surface area contributed by atoms with Gasteiger partial charge in [0, 0.05) is 58.0 Å². The van der Waals surface area contributed by atoms with Crippen molar-refractivity contribution in [2.24, 2.45) is 7.05 Å². The number of piperazine rings is 1. The van der Waals surface area contributed by atoms with Crippen molar-refractivity contribution in [3.05, 3.63) is 48.2 Å². The number of rotatable bonds is 5. The molecule has 2 aromatic heterocycles. The van der Waals surface area contributed by atoms with E-state index in [-0.39, 0.29) is 6.03 Å². The van der Waals surface area contributed by atoms with Gasteiger partial charge in [-0.1, -0.05) is 19.1 Å². The first kappa shape index (κ1) is 19.2. The van der Waals surface area contributed by atoms with Gasteiger partial charge in [-0.2, -0.15) is 0 Å². The summed E-state index contributed by atoms with van der Waals surface area (Å²) in [6, 6.07) is 10.1. The minimum Gasteiger partial charge on any atom is -0.353 e. The van der Waals surface area contributed by atoms with Crippen LogP contribution in [0.1, 0.15) is 18.4 Å². The molecule has 0 spiro atoms. The Bertz CT molecular complexity index is 992. The maximum atomic E-state index is 12.5. The number of aryl methyl sites for hydroxylation is 2. The van der Waals surface area contributed by atoms with Crippen molar-refractivity contribution >= 4 is 22.9 Å². The molecule has 2 amide bonds. The van der Waals surface area contributed by atoms with E-state index in [1.807, 2.05) is 36.2 Å². The second-order valence-electron chi connectivity index (χ2n) is 7.25. The molecule has 1 saturated heterocycles. The molecule has 3 aromatic rings. The lowest BCUT2D eigenvalue weighted by Crippen LogP contribution is -2.52. The number of nitrogens with zero attached hydrogens (tertiary/aromatic N) is 6. The molecule has 0 radical (unpaired) electrons. The topological polar surface area (TPSA) is 79.2 Å². The van der Waals surface area contributed by atoms with Crippen LogP contribution in [0.25, 0.3) is 11.0 Å². The molecule has 1 aliphatic heterocycles. The van der Waals surface area contributed by atoms with Crippen LogP contribution >= 0.6 is 0 Å². The second kappa shape index (κ2) is 8.46. The Labute approximate surface area is 170 Å². The number of carbonyl (C=O) groups is 1. The van der Waals surface area contributed by atoms with E-state index in [9.17, 15) is 4.79 Å². The highest BCUT2D eigenvalue weighted by Gasteiger charge is 2.22. The van der Waals surface area contributed by atoms with E-state index in [0.29, 0.717) is 26.1 Å². The zero-order valence-corrected chi connectivity index (χ0v) is 17.0. The van der Waals surface area contributed by atoms with Gasteiger partial charge in [0.15, 0.2) is 0 Å². The lowest BCUT2D eigenvalue weighted by atomic mass is 10.3. The van der Waals surface area contributed by atoms with Gasteiger partial charge in [-0.3, -0.25) is 0 Å². The number of hydrogen-bond donors (Lipinski definition) is 1. The molecule has 8 heteroatoms. The van der Waals surface area contributed by atoms with Gasteiger partial charge < -0.3 is 19.7 Å². The van der Waals surface area contributed by atoms with Gasteiger partial charge in [0.25, 0.3) is 0 Å². The summed E-state index contributed by atoms with van der Waals surface area (Å²) in [5.41, 5.74) is 3.14. The van der Waals surface area contributed by atoms with E-state index in [4.69, 9.17) is 0 Å². The van der Waals surface area contributed by atoms with Gasteiger partial charge >= 0.3 is 6.03 Å². The highest BCUT2D eigenvalue weighted by atomic mass is 16.2. The van der Waals surface area contributed by atoms with Gasteiger partial charge in [0.1, 0.15) is 18.0 Å². The zero-order chi connectivity index (χ0) is 20.2. The first-order chi connectivity index (χ1) is 14.2. The van der Waals surface area contributed by atoms with E-state index in [1.54, 1.807) is 6.33 Å². The van der Waals surface area contributed by atoms with Gasteiger partial charge in [-0.15, -0.1) is 0 Å². The maximum absolute atomic E-state index is 12.5. The number of aromatic nitrogens is 4. The lowest BCUT2D eigenvalue weighted by molar-refractivity contribution is 0.194. The van der Waals surface area contributed by atoms with Crippen molar-refractivity contribution in [1.29, 1.82) is 0 Å². The summed E-state index contributed by atoms with van der Waals surface area (Å²) < 4.78 is 2.09. The Morgan fingerprint density at radius 2 is 1.93 bits per heavy atom. The molecule has 0 aliphatic carbocycles.